The molecule has 0 fully saturated rings. The van der Waals surface area contributed by atoms with Crippen LogP contribution in [0.15, 0.2) is 72.1 Å². The van der Waals surface area contributed by atoms with Crippen molar-refractivity contribution in [3.05, 3.63) is 93.7 Å². The van der Waals surface area contributed by atoms with Crippen molar-refractivity contribution in [3.63, 3.8) is 0 Å². The lowest BCUT2D eigenvalue weighted by molar-refractivity contribution is 0.0943. The zero-order chi connectivity index (χ0) is 15.4. The summed E-state index contributed by atoms with van der Waals surface area (Å²) in [6, 6.07) is 21.6. The van der Waals surface area contributed by atoms with Gasteiger partial charge in [0, 0.05) is 10.4 Å². The highest BCUT2D eigenvalue weighted by atomic mass is 32.1. The minimum Gasteiger partial charge on any atom is -0.340 e. The average molecular weight is 307 g/mol. The van der Waals surface area contributed by atoms with Crippen LogP contribution in [-0.2, 0) is 0 Å². The lowest BCUT2D eigenvalue weighted by Gasteiger charge is -2.18. The van der Waals surface area contributed by atoms with Crippen molar-refractivity contribution in [1.82, 2.24) is 5.32 Å². The number of hydrogen-bond acceptors (Lipinski definition) is 2. The highest BCUT2D eigenvalue weighted by Crippen LogP contribution is 2.26. The minimum absolute atomic E-state index is 0.0535. The van der Waals surface area contributed by atoms with Crippen molar-refractivity contribution in [2.75, 3.05) is 0 Å². The molecule has 0 bridgehead atoms. The molecule has 0 radical (unpaired) electrons. The van der Waals surface area contributed by atoms with E-state index in [4.69, 9.17) is 0 Å². The van der Waals surface area contributed by atoms with Crippen LogP contribution in [0.25, 0.3) is 0 Å². The molecular weight excluding hydrogens is 290 g/mol. The van der Waals surface area contributed by atoms with Crippen LogP contribution < -0.4 is 5.32 Å². The van der Waals surface area contributed by atoms with E-state index in [1.165, 1.54) is 0 Å². The minimum atomic E-state index is -0.116. The molecule has 1 heterocycles. The number of benzene rings is 2. The van der Waals surface area contributed by atoms with Gasteiger partial charge in [0.1, 0.15) is 0 Å². The number of thiophene rings is 1. The van der Waals surface area contributed by atoms with E-state index < -0.39 is 0 Å². The molecule has 1 amide bonds. The fourth-order valence-corrected chi connectivity index (χ4v) is 3.14. The number of rotatable bonds is 4. The van der Waals surface area contributed by atoms with Crippen LogP contribution in [-0.4, -0.2) is 5.91 Å². The lowest BCUT2D eigenvalue weighted by Crippen LogP contribution is -2.28. The molecule has 0 aliphatic rings. The van der Waals surface area contributed by atoms with Gasteiger partial charge in [-0.15, -0.1) is 11.3 Å². The highest BCUT2D eigenvalue weighted by molar-refractivity contribution is 7.10. The normalized spacial score (nSPS) is 11.9. The molecule has 0 spiro atoms. The van der Waals surface area contributed by atoms with Gasteiger partial charge in [0.25, 0.3) is 5.91 Å². The molecular formula is C19H17NOS. The van der Waals surface area contributed by atoms with Crippen molar-refractivity contribution in [1.29, 1.82) is 0 Å². The Morgan fingerprint density at radius 1 is 0.955 bits per heavy atom. The first-order valence-corrected chi connectivity index (χ1v) is 8.08. The van der Waals surface area contributed by atoms with Gasteiger partial charge in [-0.05, 0) is 36.1 Å². The maximum atomic E-state index is 12.5. The van der Waals surface area contributed by atoms with E-state index in [9.17, 15) is 4.79 Å². The van der Waals surface area contributed by atoms with Crippen molar-refractivity contribution >= 4 is 17.2 Å². The molecule has 3 rings (SSSR count). The smallest absolute Gasteiger partial charge is 0.252 e. The molecule has 0 aliphatic carbocycles. The Morgan fingerprint density at radius 2 is 1.68 bits per heavy atom. The Labute approximate surface area is 134 Å². The summed E-state index contributed by atoms with van der Waals surface area (Å²) in [6.07, 6.45) is 0. The molecule has 0 saturated heterocycles. The molecule has 0 aliphatic heterocycles. The predicted molar refractivity (Wildman–Crippen MR) is 91.2 cm³/mol. The molecule has 1 N–H and O–H groups in total. The maximum Gasteiger partial charge on any atom is 0.252 e. The van der Waals surface area contributed by atoms with E-state index in [0.717, 1.165) is 16.0 Å². The van der Waals surface area contributed by atoms with Crippen molar-refractivity contribution in [2.24, 2.45) is 0 Å². The Morgan fingerprint density at radius 3 is 2.32 bits per heavy atom. The summed E-state index contributed by atoms with van der Waals surface area (Å²) in [5.41, 5.74) is 2.92. The van der Waals surface area contributed by atoms with Gasteiger partial charge in [-0.1, -0.05) is 54.1 Å². The fraction of sp³-hybridized carbons (Fsp3) is 0.105. The van der Waals surface area contributed by atoms with Crippen LogP contribution in [0.2, 0.25) is 0 Å². The van der Waals surface area contributed by atoms with Gasteiger partial charge in [-0.25, -0.2) is 0 Å². The quantitative estimate of drug-likeness (QED) is 0.751. The van der Waals surface area contributed by atoms with Gasteiger partial charge in [0.2, 0.25) is 0 Å². The topological polar surface area (TPSA) is 29.1 Å². The molecule has 22 heavy (non-hydrogen) atoms. The zero-order valence-corrected chi connectivity index (χ0v) is 13.1. The summed E-state index contributed by atoms with van der Waals surface area (Å²) in [5.74, 6) is -0.0535. The van der Waals surface area contributed by atoms with E-state index in [2.05, 4.69) is 11.4 Å². The average Bonchev–Trinajstić information content (AvgIpc) is 3.08. The van der Waals surface area contributed by atoms with Crippen LogP contribution in [0.5, 0.6) is 0 Å². The Hall–Kier alpha value is -2.39. The van der Waals surface area contributed by atoms with Gasteiger partial charge in [-0.3, -0.25) is 4.79 Å². The van der Waals surface area contributed by atoms with E-state index in [1.54, 1.807) is 11.3 Å². The Kier molecular flexibility index (Phi) is 4.35. The number of amides is 1. The molecule has 3 heteroatoms. The fourth-order valence-electron chi connectivity index (χ4n) is 2.34. The van der Waals surface area contributed by atoms with Crippen LogP contribution in [0.1, 0.15) is 32.4 Å². The van der Waals surface area contributed by atoms with Crippen molar-refractivity contribution in [2.45, 2.75) is 13.0 Å². The third-order valence-electron chi connectivity index (χ3n) is 3.55. The summed E-state index contributed by atoms with van der Waals surface area (Å²) >= 11 is 1.65. The molecule has 110 valence electrons. The summed E-state index contributed by atoms with van der Waals surface area (Å²) in [6.45, 7) is 2.01. The van der Waals surface area contributed by atoms with Gasteiger partial charge >= 0.3 is 0 Å². The largest absolute Gasteiger partial charge is 0.340 e. The first-order valence-electron chi connectivity index (χ1n) is 7.20. The number of carbonyl (C=O) groups is 1. The zero-order valence-electron chi connectivity index (χ0n) is 12.3. The summed E-state index contributed by atoms with van der Waals surface area (Å²) in [7, 11) is 0. The first-order chi connectivity index (χ1) is 10.7. The van der Waals surface area contributed by atoms with Gasteiger partial charge in [0.15, 0.2) is 0 Å². The second-order valence-electron chi connectivity index (χ2n) is 5.20. The second-order valence-corrected chi connectivity index (χ2v) is 6.18. The number of hydrogen-bond donors (Lipinski definition) is 1. The number of nitrogens with one attached hydrogen (secondary N) is 1. The van der Waals surface area contributed by atoms with Gasteiger partial charge in [-0.2, -0.15) is 0 Å². The molecule has 1 aromatic heterocycles. The second kappa shape index (κ2) is 6.58. The van der Waals surface area contributed by atoms with Crippen LogP contribution in [0.3, 0.4) is 0 Å². The molecule has 1 atom stereocenters. The monoisotopic (exact) mass is 307 g/mol. The van der Waals surface area contributed by atoms with E-state index in [-0.39, 0.29) is 11.9 Å². The van der Waals surface area contributed by atoms with E-state index >= 15 is 0 Å². The van der Waals surface area contributed by atoms with Crippen LogP contribution in [0, 0.1) is 6.92 Å². The van der Waals surface area contributed by atoms with E-state index in [0.29, 0.717) is 5.56 Å². The molecule has 3 aromatic rings. The van der Waals surface area contributed by atoms with Crippen molar-refractivity contribution in [3.8, 4) is 0 Å². The van der Waals surface area contributed by atoms with Crippen molar-refractivity contribution < 1.29 is 4.79 Å². The standard InChI is InChI=1S/C19H17NOS/c1-14-9-11-16(12-10-14)19(21)20-18(17-8-5-13-22-17)15-6-3-2-4-7-15/h2-13,18H,1H3,(H,20,21). The Bertz CT molecular complexity index is 733. The third-order valence-corrected chi connectivity index (χ3v) is 4.49. The predicted octanol–water partition coefficient (Wildman–Crippen LogP) is 4.58. The first kappa shape index (κ1) is 14.5. The lowest BCUT2D eigenvalue weighted by atomic mass is 10.0. The Balaban J connectivity index is 1.87. The maximum absolute atomic E-state index is 12.5. The van der Waals surface area contributed by atoms with E-state index in [1.807, 2.05) is 73.0 Å². The summed E-state index contributed by atoms with van der Waals surface area (Å²) < 4.78 is 0. The van der Waals surface area contributed by atoms with Gasteiger partial charge in [0.05, 0.1) is 6.04 Å². The molecule has 1 unspecified atom stereocenters. The van der Waals surface area contributed by atoms with Crippen LogP contribution >= 0.6 is 11.3 Å². The third kappa shape index (κ3) is 3.26. The highest BCUT2D eigenvalue weighted by Gasteiger charge is 2.18. The SMILES string of the molecule is Cc1ccc(C(=O)NC(c2ccccc2)c2cccs2)cc1. The summed E-state index contributed by atoms with van der Waals surface area (Å²) in [4.78, 5) is 13.7. The molecule has 2 aromatic carbocycles. The number of aryl methyl sites for hydroxylation is 1. The number of carbonyl (C=O) groups excluding carboxylic acids is 1. The molecule has 0 saturated carbocycles. The van der Waals surface area contributed by atoms with Crippen LogP contribution in [0.4, 0.5) is 0 Å². The van der Waals surface area contributed by atoms with Gasteiger partial charge < -0.3 is 5.32 Å². The summed E-state index contributed by atoms with van der Waals surface area (Å²) in [5, 5.41) is 5.17. The molecule has 2 nitrogen and oxygen atoms in total.